The van der Waals surface area contributed by atoms with Gasteiger partial charge >= 0.3 is 5.97 Å². The van der Waals surface area contributed by atoms with E-state index in [9.17, 15) is 14.4 Å². The van der Waals surface area contributed by atoms with Crippen LogP contribution in [0.4, 0.5) is 5.00 Å². The molecule has 0 unspecified atom stereocenters. The highest BCUT2D eigenvalue weighted by Gasteiger charge is 2.24. The molecule has 0 saturated heterocycles. The monoisotopic (exact) mass is 293 g/mol. The van der Waals surface area contributed by atoms with Gasteiger partial charge in [0.15, 0.2) is 0 Å². The highest BCUT2D eigenvalue weighted by molar-refractivity contribution is 7.11. The molecule has 0 bridgehead atoms. The standard InChI is InChI=1S/C12H11N3O4S/c1-6-9(12(18)19)11(20-14-6)15(2)10(17)7-3-4-13-8(16)5-7/h3-5H,1-2H3,(H,13,16)(H,18,19). The van der Waals surface area contributed by atoms with Crippen LogP contribution < -0.4 is 10.5 Å². The van der Waals surface area contributed by atoms with Gasteiger partial charge in [-0.15, -0.1) is 0 Å². The first-order valence-corrected chi connectivity index (χ1v) is 6.35. The predicted octanol–water partition coefficient (Wildman–Crippen LogP) is 1.11. The Labute approximate surface area is 117 Å². The molecule has 0 radical (unpaired) electrons. The molecule has 7 nitrogen and oxygen atoms in total. The highest BCUT2D eigenvalue weighted by Crippen LogP contribution is 2.28. The van der Waals surface area contributed by atoms with Crippen LogP contribution in [-0.2, 0) is 0 Å². The van der Waals surface area contributed by atoms with Gasteiger partial charge in [0.2, 0.25) is 5.56 Å². The maximum atomic E-state index is 12.2. The minimum atomic E-state index is -1.14. The second-order valence-corrected chi connectivity index (χ2v) is 4.81. The number of aromatic amines is 1. The molecule has 0 aromatic carbocycles. The van der Waals surface area contributed by atoms with Crippen molar-refractivity contribution in [3.8, 4) is 0 Å². The lowest BCUT2D eigenvalue weighted by Gasteiger charge is -2.15. The predicted molar refractivity (Wildman–Crippen MR) is 73.6 cm³/mol. The van der Waals surface area contributed by atoms with Gasteiger partial charge in [0.1, 0.15) is 10.6 Å². The van der Waals surface area contributed by atoms with E-state index in [0.717, 1.165) is 17.6 Å². The molecule has 20 heavy (non-hydrogen) atoms. The van der Waals surface area contributed by atoms with Gasteiger partial charge in [0.05, 0.1) is 5.69 Å². The molecular formula is C12H11N3O4S. The van der Waals surface area contributed by atoms with Crippen molar-refractivity contribution in [2.45, 2.75) is 6.92 Å². The van der Waals surface area contributed by atoms with Gasteiger partial charge in [-0.05, 0) is 24.5 Å². The van der Waals surface area contributed by atoms with Crippen LogP contribution in [0.1, 0.15) is 26.4 Å². The minimum Gasteiger partial charge on any atom is -0.478 e. The summed E-state index contributed by atoms with van der Waals surface area (Å²) in [6.07, 6.45) is 1.36. The molecule has 1 amide bonds. The van der Waals surface area contributed by atoms with E-state index in [0.29, 0.717) is 5.69 Å². The number of aromatic carboxylic acids is 1. The Morgan fingerprint density at radius 1 is 1.45 bits per heavy atom. The Morgan fingerprint density at radius 3 is 2.75 bits per heavy atom. The molecule has 0 atom stereocenters. The molecule has 8 heteroatoms. The molecule has 0 fully saturated rings. The van der Waals surface area contributed by atoms with Gasteiger partial charge in [0.25, 0.3) is 5.91 Å². The quantitative estimate of drug-likeness (QED) is 0.882. The number of pyridine rings is 1. The zero-order valence-corrected chi connectivity index (χ0v) is 11.5. The van der Waals surface area contributed by atoms with Gasteiger partial charge in [-0.1, -0.05) is 0 Å². The van der Waals surface area contributed by atoms with E-state index < -0.39 is 17.4 Å². The van der Waals surface area contributed by atoms with Crippen LogP contribution in [0.15, 0.2) is 23.1 Å². The summed E-state index contributed by atoms with van der Waals surface area (Å²) in [5.41, 5.74) is 0.126. The molecular weight excluding hydrogens is 282 g/mol. The number of carboxylic acids is 1. The van der Waals surface area contributed by atoms with Crippen LogP contribution in [0, 0.1) is 6.92 Å². The molecule has 2 rings (SSSR count). The Balaban J connectivity index is 2.42. The van der Waals surface area contributed by atoms with Gasteiger partial charge in [-0.2, -0.15) is 4.37 Å². The number of H-pyrrole nitrogens is 1. The smallest absolute Gasteiger partial charge is 0.340 e. The Bertz CT molecular complexity index is 734. The van der Waals surface area contributed by atoms with E-state index in [1.54, 1.807) is 6.92 Å². The number of carbonyl (C=O) groups is 2. The summed E-state index contributed by atoms with van der Waals surface area (Å²) in [7, 11) is 1.45. The van der Waals surface area contributed by atoms with Gasteiger partial charge in [0, 0.05) is 24.9 Å². The molecule has 0 aliphatic heterocycles. The van der Waals surface area contributed by atoms with Crippen molar-refractivity contribution in [3.05, 3.63) is 45.5 Å². The van der Waals surface area contributed by atoms with Crippen molar-refractivity contribution in [2.24, 2.45) is 0 Å². The van der Waals surface area contributed by atoms with E-state index in [1.165, 1.54) is 24.2 Å². The Hall–Kier alpha value is -2.48. The number of amides is 1. The zero-order valence-electron chi connectivity index (χ0n) is 10.7. The number of aryl methyl sites for hydroxylation is 1. The fraction of sp³-hybridized carbons (Fsp3) is 0.167. The zero-order chi connectivity index (χ0) is 14.9. The van der Waals surface area contributed by atoms with E-state index in [4.69, 9.17) is 5.11 Å². The topological polar surface area (TPSA) is 103 Å². The van der Waals surface area contributed by atoms with Crippen LogP contribution in [0.25, 0.3) is 0 Å². The second-order valence-electron chi connectivity index (χ2n) is 4.06. The SMILES string of the molecule is Cc1nsc(N(C)C(=O)c2cc[nH]c(=O)c2)c1C(=O)O. The Morgan fingerprint density at radius 2 is 2.15 bits per heavy atom. The summed E-state index contributed by atoms with van der Waals surface area (Å²) in [4.78, 5) is 38.2. The number of carbonyl (C=O) groups excluding carboxylic acids is 1. The van der Waals surface area contributed by atoms with E-state index in [-0.39, 0.29) is 16.1 Å². The normalized spacial score (nSPS) is 10.3. The maximum Gasteiger partial charge on any atom is 0.340 e. The fourth-order valence-corrected chi connectivity index (χ4v) is 2.54. The lowest BCUT2D eigenvalue weighted by Crippen LogP contribution is -2.28. The molecule has 104 valence electrons. The third kappa shape index (κ3) is 2.45. The molecule has 2 heterocycles. The number of hydrogen-bond acceptors (Lipinski definition) is 5. The van der Waals surface area contributed by atoms with Crippen molar-refractivity contribution >= 4 is 28.4 Å². The van der Waals surface area contributed by atoms with Crippen LogP contribution >= 0.6 is 11.5 Å². The van der Waals surface area contributed by atoms with Crippen LogP contribution in [0.5, 0.6) is 0 Å². The van der Waals surface area contributed by atoms with Crippen LogP contribution in [0.2, 0.25) is 0 Å². The molecule has 2 aromatic heterocycles. The molecule has 0 spiro atoms. The van der Waals surface area contributed by atoms with E-state index >= 15 is 0 Å². The number of anilines is 1. The summed E-state index contributed by atoms with van der Waals surface area (Å²) in [5.74, 6) is -1.61. The first kappa shape index (κ1) is 13.9. The van der Waals surface area contributed by atoms with Crippen LogP contribution in [0.3, 0.4) is 0 Å². The number of aromatic nitrogens is 2. The average Bonchev–Trinajstić information content (AvgIpc) is 2.79. The average molecular weight is 293 g/mol. The molecule has 0 aliphatic rings. The van der Waals surface area contributed by atoms with Crippen molar-refractivity contribution in [1.29, 1.82) is 0 Å². The van der Waals surface area contributed by atoms with Gasteiger partial charge in [-0.3, -0.25) is 9.59 Å². The fourth-order valence-electron chi connectivity index (χ4n) is 1.70. The number of rotatable bonds is 3. The third-order valence-corrected chi connectivity index (χ3v) is 3.71. The third-order valence-electron chi connectivity index (χ3n) is 2.69. The lowest BCUT2D eigenvalue weighted by molar-refractivity contribution is 0.0697. The van der Waals surface area contributed by atoms with E-state index in [1.807, 2.05) is 0 Å². The molecule has 2 aromatic rings. The van der Waals surface area contributed by atoms with E-state index in [2.05, 4.69) is 9.36 Å². The van der Waals surface area contributed by atoms with Crippen molar-refractivity contribution < 1.29 is 14.7 Å². The van der Waals surface area contributed by atoms with Crippen molar-refractivity contribution in [1.82, 2.24) is 9.36 Å². The summed E-state index contributed by atoms with van der Waals surface area (Å²) in [6, 6.07) is 2.61. The largest absolute Gasteiger partial charge is 0.478 e. The number of nitrogens with one attached hydrogen (secondary N) is 1. The summed E-state index contributed by atoms with van der Waals surface area (Å²) >= 11 is 0.928. The van der Waals surface area contributed by atoms with Crippen molar-refractivity contribution in [3.63, 3.8) is 0 Å². The molecule has 0 saturated carbocycles. The maximum absolute atomic E-state index is 12.2. The second kappa shape index (κ2) is 5.25. The number of carboxylic acid groups (broad SMARTS) is 1. The highest BCUT2D eigenvalue weighted by atomic mass is 32.1. The summed E-state index contributed by atoms with van der Waals surface area (Å²) in [5, 5.41) is 9.39. The first-order chi connectivity index (χ1) is 9.41. The van der Waals surface area contributed by atoms with Gasteiger partial charge < -0.3 is 15.0 Å². The first-order valence-electron chi connectivity index (χ1n) is 5.58. The summed E-state index contributed by atoms with van der Waals surface area (Å²) < 4.78 is 3.95. The lowest BCUT2D eigenvalue weighted by atomic mass is 10.2. The Kier molecular flexibility index (Phi) is 3.66. The number of nitrogens with zero attached hydrogens (tertiary/aromatic N) is 2. The molecule has 0 aliphatic carbocycles. The van der Waals surface area contributed by atoms with Crippen LogP contribution in [-0.4, -0.2) is 33.4 Å². The minimum absolute atomic E-state index is 0.00399. The number of hydrogen-bond donors (Lipinski definition) is 2. The molecule has 2 N–H and O–H groups in total. The van der Waals surface area contributed by atoms with Gasteiger partial charge in [-0.25, -0.2) is 4.79 Å². The van der Waals surface area contributed by atoms with Crippen molar-refractivity contribution in [2.75, 3.05) is 11.9 Å². The summed E-state index contributed by atoms with van der Waals surface area (Å²) in [6.45, 7) is 1.56.